The van der Waals surface area contributed by atoms with Gasteiger partial charge >= 0.3 is 5.69 Å². The van der Waals surface area contributed by atoms with Crippen LogP contribution in [0.5, 0.6) is 17.2 Å². The van der Waals surface area contributed by atoms with Gasteiger partial charge in [-0.2, -0.15) is 5.10 Å². The molecule has 3 aromatic rings. The van der Waals surface area contributed by atoms with E-state index in [1.54, 1.807) is 12.3 Å². The molecule has 0 fully saturated rings. The predicted molar refractivity (Wildman–Crippen MR) is 115 cm³/mol. The fourth-order valence-electron chi connectivity index (χ4n) is 2.80. The van der Waals surface area contributed by atoms with Crippen LogP contribution in [0.4, 0.5) is 39.0 Å². The first-order valence-electron chi connectivity index (χ1n) is 9.73. The van der Waals surface area contributed by atoms with Gasteiger partial charge in [0.05, 0.1) is 28.7 Å². The molecule has 36 heavy (non-hydrogen) atoms. The van der Waals surface area contributed by atoms with E-state index in [2.05, 4.69) is 5.10 Å². The number of benzene rings is 3. The second kappa shape index (κ2) is 10.6. The van der Waals surface area contributed by atoms with Crippen LogP contribution in [0.15, 0.2) is 41.5 Å². The molecular formula is C21H13F5N4O6. The molecule has 0 bridgehead atoms. The summed E-state index contributed by atoms with van der Waals surface area (Å²) >= 11 is 0. The molecule has 0 saturated carbocycles. The van der Waals surface area contributed by atoms with Gasteiger partial charge in [0, 0.05) is 6.07 Å². The molecule has 0 aromatic heterocycles. The lowest BCUT2D eigenvalue weighted by atomic mass is 10.2. The van der Waals surface area contributed by atoms with Crippen molar-refractivity contribution in [2.45, 2.75) is 6.92 Å². The van der Waals surface area contributed by atoms with E-state index in [-0.39, 0.29) is 29.4 Å². The van der Waals surface area contributed by atoms with Crippen molar-refractivity contribution in [2.75, 3.05) is 12.0 Å². The van der Waals surface area contributed by atoms with E-state index in [4.69, 9.17) is 9.47 Å². The van der Waals surface area contributed by atoms with E-state index in [9.17, 15) is 42.2 Å². The van der Waals surface area contributed by atoms with Gasteiger partial charge in [0.1, 0.15) is 5.69 Å². The number of hydrogen-bond donors (Lipinski definition) is 1. The maximum atomic E-state index is 13.7. The third-order valence-electron chi connectivity index (χ3n) is 4.44. The SMILES string of the molecule is CCOc1cc(/C=N/Nc2c(F)c(F)c(F)c(F)c2F)ccc1Oc1ccc([N+](=O)[O-])cc1[N+](=O)[O-]. The van der Waals surface area contributed by atoms with Gasteiger partial charge in [-0.3, -0.25) is 25.7 Å². The van der Waals surface area contributed by atoms with Crippen molar-refractivity contribution in [1.82, 2.24) is 0 Å². The van der Waals surface area contributed by atoms with E-state index in [1.165, 1.54) is 18.2 Å². The Kier molecular flexibility index (Phi) is 7.61. The van der Waals surface area contributed by atoms with E-state index in [0.717, 1.165) is 24.4 Å². The summed E-state index contributed by atoms with van der Waals surface area (Å²) in [6.45, 7) is 1.73. The molecule has 188 valence electrons. The third-order valence-corrected chi connectivity index (χ3v) is 4.44. The average Bonchev–Trinajstić information content (AvgIpc) is 2.85. The first-order valence-corrected chi connectivity index (χ1v) is 9.73. The van der Waals surface area contributed by atoms with Crippen molar-refractivity contribution in [3.8, 4) is 17.2 Å². The maximum absolute atomic E-state index is 13.7. The number of halogens is 5. The Morgan fingerprint density at radius 2 is 1.47 bits per heavy atom. The molecule has 0 atom stereocenters. The number of nitro groups is 2. The van der Waals surface area contributed by atoms with Gasteiger partial charge in [-0.05, 0) is 36.8 Å². The van der Waals surface area contributed by atoms with E-state index in [1.807, 2.05) is 0 Å². The molecule has 0 unspecified atom stereocenters. The van der Waals surface area contributed by atoms with Crippen LogP contribution in [-0.4, -0.2) is 22.7 Å². The van der Waals surface area contributed by atoms with Crippen LogP contribution in [0.1, 0.15) is 12.5 Å². The normalized spacial score (nSPS) is 10.9. The summed E-state index contributed by atoms with van der Waals surface area (Å²) in [6.07, 6.45) is 0.971. The van der Waals surface area contributed by atoms with E-state index in [0.29, 0.717) is 0 Å². The zero-order valence-corrected chi connectivity index (χ0v) is 17.9. The van der Waals surface area contributed by atoms with Crippen LogP contribution < -0.4 is 14.9 Å². The lowest BCUT2D eigenvalue weighted by Crippen LogP contribution is -2.06. The Morgan fingerprint density at radius 3 is 2.06 bits per heavy atom. The quantitative estimate of drug-likeness (QED) is 0.0953. The molecular weight excluding hydrogens is 499 g/mol. The second-order valence-electron chi connectivity index (χ2n) is 6.72. The van der Waals surface area contributed by atoms with Gasteiger partial charge in [-0.1, -0.05) is 0 Å². The highest BCUT2D eigenvalue weighted by molar-refractivity contribution is 5.81. The number of hydrogen-bond acceptors (Lipinski definition) is 8. The van der Waals surface area contributed by atoms with E-state index < -0.39 is 56.0 Å². The number of non-ortho nitro benzene ring substituents is 1. The number of anilines is 1. The summed E-state index contributed by atoms with van der Waals surface area (Å²) in [5, 5.41) is 25.7. The van der Waals surface area contributed by atoms with Crippen molar-refractivity contribution in [3.63, 3.8) is 0 Å². The minimum absolute atomic E-state index is 0.0290. The van der Waals surface area contributed by atoms with Gasteiger partial charge < -0.3 is 9.47 Å². The minimum Gasteiger partial charge on any atom is -0.490 e. The standard InChI is InChI=1S/C21H13F5N4O6/c1-2-35-15-7-10(9-27-28-21-19(25)17(23)16(22)18(24)20(21)26)3-5-14(15)36-13-6-4-11(29(31)32)8-12(13)30(33)34/h3-9,28H,2H2,1H3/b27-9+. The molecule has 15 heteroatoms. The molecule has 10 nitrogen and oxygen atoms in total. The van der Waals surface area contributed by atoms with Crippen molar-refractivity contribution in [3.05, 3.63) is 91.3 Å². The molecule has 0 saturated heterocycles. The summed E-state index contributed by atoms with van der Waals surface area (Å²) in [5.74, 6) is -11.1. The van der Waals surface area contributed by atoms with Crippen LogP contribution in [-0.2, 0) is 0 Å². The summed E-state index contributed by atoms with van der Waals surface area (Å²) in [7, 11) is 0. The lowest BCUT2D eigenvalue weighted by molar-refractivity contribution is -0.394. The number of hydrazone groups is 1. The summed E-state index contributed by atoms with van der Waals surface area (Å²) < 4.78 is 78.1. The van der Waals surface area contributed by atoms with Crippen LogP contribution >= 0.6 is 0 Å². The van der Waals surface area contributed by atoms with E-state index >= 15 is 0 Å². The third kappa shape index (κ3) is 5.29. The molecule has 0 spiro atoms. The van der Waals surface area contributed by atoms with Crippen molar-refractivity contribution in [2.24, 2.45) is 5.10 Å². The van der Waals surface area contributed by atoms with Gasteiger partial charge in [0.15, 0.2) is 34.8 Å². The van der Waals surface area contributed by atoms with Gasteiger partial charge in [-0.15, -0.1) is 0 Å². The monoisotopic (exact) mass is 512 g/mol. The molecule has 1 N–H and O–H groups in total. The lowest BCUT2D eigenvalue weighted by Gasteiger charge is -2.12. The molecule has 0 heterocycles. The average molecular weight is 512 g/mol. The van der Waals surface area contributed by atoms with Crippen LogP contribution in [0, 0.1) is 49.3 Å². The molecule has 0 radical (unpaired) electrons. The molecule has 3 aromatic carbocycles. The molecule has 0 aliphatic carbocycles. The topological polar surface area (TPSA) is 129 Å². The Morgan fingerprint density at radius 1 is 0.861 bits per heavy atom. The number of nitrogens with one attached hydrogen (secondary N) is 1. The fraction of sp³-hybridized carbons (Fsp3) is 0.0952. The van der Waals surface area contributed by atoms with Gasteiger partial charge in [0.25, 0.3) is 5.69 Å². The van der Waals surface area contributed by atoms with Crippen LogP contribution in [0.3, 0.4) is 0 Å². The second-order valence-corrected chi connectivity index (χ2v) is 6.72. The summed E-state index contributed by atoms with van der Waals surface area (Å²) in [5.41, 5.74) is -0.603. The van der Waals surface area contributed by atoms with Crippen molar-refractivity contribution >= 4 is 23.3 Å². The maximum Gasteiger partial charge on any atom is 0.318 e. The highest BCUT2D eigenvalue weighted by Crippen LogP contribution is 2.38. The first-order chi connectivity index (χ1) is 17.0. The Hall–Kier alpha value is -4.82. The number of nitro benzene ring substituents is 2. The van der Waals surface area contributed by atoms with Crippen LogP contribution in [0.25, 0.3) is 0 Å². The highest BCUT2D eigenvalue weighted by atomic mass is 19.2. The highest BCUT2D eigenvalue weighted by Gasteiger charge is 2.26. The Bertz CT molecular complexity index is 1360. The van der Waals surface area contributed by atoms with Gasteiger partial charge in [-0.25, -0.2) is 22.0 Å². The van der Waals surface area contributed by atoms with Crippen molar-refractivity contribution < 1.29 is 41.3 Å². The minimum atomic E-state index is -2.32. The fourth-order valence-corrected chi connectivity index (χ4v) is 2.80. The molecule has 0 aliphatic heterocycles. The molecule has 0 amide bonds. The van der Waals surface area contributed by atoms with Crippen molar-refractivity contribution in [1.29, 1.82) is 0 Å². The first kappa shape index (κ1) is 25.8. The zero-order chi connectivity index (χ0) is 26.6. The summed E-state index contributed by atoms with van der Waals surface area (Å²) in [4.78, 5) is 20.5. The summed E-state index contributed by atoms with van der Waals surface area (Å²) in [6, 6.07) is 6.69. The number of nitrogens with zero attached hydrogens (tertiary/aromatic N) is 3. The Labute approximate surface area is 197 Å². The smallest absolute Gasteiger partial charge is 0.318 e. The number of rotatable bonds is 9. The predicted octanol–water partition coefficient (Wildman–Crippen LogP) is 5.84. The molecule has 3 rings (SSSR count). The number of ether oxygens (including phenoxy) is 2. The largest absolute Gasteiger partial charge is 0.490 e. The van der Waals surface area contributed by atoms with Crippen LogP contribution in [0.2, 0.25) is 0 Å². The van der Waals surface area contributed by atoms with Gasteiger partial charge in [0.2, 0.25) is 11.6 Å². The molecule has 0 aliphatic rings. The Balaban J connectivity index is 1.89. The zero-order valence-electron chi connectivity index (χ0n) is 17.9.